The number of piperidine rings is 1. The second kappa shape index (κ2) is 5.37. The Morgan fingerprint density at radius 2 is 2.00 bits per heavy atom. The van der Waals surface area contributed by atoms with E-state index in [0.29, 0.717) is 6.54 Å². The monoisotopic (exact) mass is 248 g/mol. The van der Waals surface area contributed by atoms with Gasteiger partial charge in [0.15, 0.2) is 0 Å². The first-order chi connectivity index (χ1) is 6.78. The summed E-state index contributed by atoms with van der Waals surface area (Å²) in [4.78, 5) is 14.2. The van der Waals surface area contributed by atoms with Gasteiger partial charge in [0.05, 0.1) is 5.41 Å². The van der Waals surface area contributed by atoms with Crippen molar-refractivity contribution in [3.05, 3.63) is 0 Å². The Bertz CT molecular complexity index is 251. The van der Waals surface area contributed by atoms with Crippen LogP contribution in [0.1, 0.15) is 40.5 Å². The van der Waals surface area contributed by atoms with E-state index in [1.807, 2.05) is 18.7 Å². The molecule has 1 amide bonds. The molecule has 0 atom stereocenters. The van der Waals surface area contributed by atoms with Crippen LogP contribution in [0.15, 0.2) is 0 Å². The van der Waals surface area contributed by atoms with Gasteiger partial charge in [-0.05, 0) is 32.1 Å². The molecule has 1 heterocycles. The van der Waals surface area contributed by atoms with Crippen LogP contribution < -0.4 is 5.73 Å². The largest absolute Gasteiger partial charge is 0.342 e. The summed E-state index contributed by atoms with van der Waals surface area (Å²) < 4.78 is 0. The molecule has 1 aliphatic rings. The Kier molecular flexibility index (Phi) is 5.27. The van der Waals surface area contributed by atoms with Gasteiger partial charge in [0.1, 0.15) is 0 Å². The quantitative estimate of drug-likeness (QED) is 0.813. The topological polar surface area (TPSA) is 46.3 Å². The van der Waals surface area contributed by atoms with E-state index in [2.05, 4.69) is 13.8 Å². The van der Waals surface area contributed by atoms with Crippen LogP contribution in [0.4, 0.5) is 0 Å². The van der Waals surface area contributed by atoms with E-state index in [4.69, 9.17) is 5.73 Å². The zero-order valence-electron chi connectivity index (χ0n) is 10.9. The molecule has 0 aromatic carbocycles. The Morgan fingerprint density at radius 1 is 1.44 bits per heavy atom. The summed E-state index contributed by atoms with van der Waals surface area (Å²) in [6.07, 6.45) is 2.32. The first-order valence-corrected chi connectivity index (χ1v) is 5.78. The van der Waals surface area contributed by atoms with E-state index in [1.54, 1.807) is 0 Å². The molecule has 1 aliphatic heterocycles. The van der Waals surface area contributed by atoms with Gasteiger partial charge in [-0.2, -0.15) is 0 Å². The lowest BCUT2D eigenvalue weighted by Gasteiger charge is -2.41. The highest BCUT2D eigenvalue weighted by molar-refractivity contribution is 5.85. The number of nitrogens with zero attached hydrogens (tertiary/aromatic N) is 1. The summed E-state index contributed by atoms with van der Waals surface area (Å²) >= 11 is 0. The van der Waals surface area contributed by atoms with Crippen LogP contribution >= 0.6 is 12.4 Å². The summed E-state index contributed by atoms with van der Waals surface area (Å²) in [7, 11) is 0. The molecule has 1 saturated heterocycles. The minimum absolute atomic E-state index is 0. The molecule has 0 aromatic rings. The average molecular weight is 249 g/mol. The molecular weight excluding hydrogens is 224 g/mol. The van der Waals surface area contributed by atoms with Gasteiger partial charge in [-0.25, -0.2) is 0 Å². The van der Waals surface area contributed by atoms with Crippen LogP contribution in [0.5, 0.6) is 0 Å². The van der Waals surface area contributed by atoms with E-state index >= 15 is 0 Å². The Balaban J connectivity index is 0.00000225. The van der Waals surface area contributed by atoms with Gasteiger partial charge in [-0.1, -0.05) is 13.8 Å². The van der Waals surface area contributed by atoms with E-state index in [1.165, 1.54) is 6.42 Å². The van der Waals surface area contributed by atoms with Gasteiger partial charge in [-0.3, -0.25) is 4.79 Å². The minimum atomic E-state index is -0.409. The van der Waals surface area contributed by atoms with E-state index in [0.717, 1.165) is 19.5 Å². The van der Waals surface area contributed by atoms with Crippen molar-refractivity contribution in [3.8, 4) is 0 Å². The summed E-state index contributed by atoms with van der Waals surface area (Å²) in [6, 6.07) is 0. The molecule has 4 heteroatoms. The number of halogens is 1. The molecule has 1 fully saturated rings. The normalized spacial score (nSPS) is 20.2. The molecule has 0 bridgehead atoms. The Labute approximate surface area is 105 Å². The lowest BCUT2D eigenvalue weighted by molar-refractivity contribution is -0.143. The predicted octanol–water partition coefficient (Wildman–Crippen LogP) is 2.04. The SMILES string of the molecule is CC1(C)CCCN(C(=O)C(C)(C)CN)C1.Cl. The van der Waals surface area contributed by atoms with Gasteiger partial charge < -0.3 is 10.6 Å². The number of nitrogens with two attached hydrogens (primary N) is 1. The zero-order chi connectivity index (χ0) is 11.7. The standard InChI is InChI=1S/C12H24N2O.ClH/c1-11(2)6-5-7-14(9-11)10(15)12(3,4)8-13;/h5-9,13H2,1-4H3;1H. The van der Waals surface area contributed by atoms with E-state index in [-0.39, 0.29) is 23.7 Å². The van der Waals surface area contributed by atoms with Crippen LogP contribution in [0.3, 0.4) is 0 Å². The fraction of sp³-hybridized carbons (Fsp3) is 0.917. The van der Waals surface area contributed by atoms with Crippen molar-refractivity contribution in [3.63, 3.8) is 0 Å². The molecule has 3 nitrogen and oxygen atoms in total. The molecule has 0 radical (unpaired) electrons. The minimum Gasteiger partial charge on any atom is -0.342 e. The van der Waals surface area contributed by atoms with E-state index in [9.17, 15) is 4.79 Å². The average Bonchev–Trinajstić information content (AvgIpc) is 2.15. The fourth-order valence-corrected chi connectivity index (χ4v) is 2.11. The number of hydrogen-bond acceptors (Lipinski definition) is 2. The maximum Gasteiger partial charge on any atom is 0.229 e. The van der Waals surface area contributed by atoms with Crippen LogP contribution in [-0.4, -0.2) is 30.4 Å². The molecule has 0 saturated carbocycles. The molecule has 16 heavy (non-hydrogen) atoms. The first-order valence-electron chi connectivity index (χ1n) is 5.78. The van der Waals surface area contributed by atoms with Crippen LogP contribution in [-0.2, 0) is 4.79 Å². The summed E-state index contributed by atoms with van der Waals surface area (Å²) in [5, 5.41) is 0. The molecule has 0 aliphatic carbocycles. The Hall–Kier alpha value is -0.280. The van der Waals surface area contributed by atoms with Crippen molar-refractivity contribution in [2.24, 2.45) is 16.6 Å². The number of carbonyl (C=O) groups is 1. The number of rotatable bonds is 2. The highest BCUT2D eigenvalue weighted by atomic mass is 35.5. The highest BCUT2D eigenvalue weighted by Crippen LogP contribution is 2.30. The smallest absolute Gasteiger partial charge is 0.229 e. The highest BCUT2D eigenvalue weighted by Gasteiger charge is 2.35. The second-order valence-electron chi connectivity index (χ2n) is 6.08. The Morgan fingerprint density at radius 3 is 2.44 bits per heavy atom. The second-order valence-corrected chi connectivity index (χ2v) is 6.08. The predicted molar refractivity (Wildman–Crippen MR) is 69.7 cm³/mol. The molecule has 1 rings (SSSR count). The zero-order valence-corrected chi connectivity index (χ0v) is 11.7. The van der Waals surface area contributed by atoms with Crippen LogP contribution in [0, 0.1) is 10.8 Å². The van der Waals surface area contributed by atoms with E-state index < -0.39 is 5.41 Å². The molecule has 96 valence electrons. The maximum atomic E-state index is 12.2. The van der Waals surface area contributed by atoms with Crippen LogP contribution in [0.2, 0.25) is 0 Å². The first kappa shape index (κ1) is 15.7. The summed E-state index contributed by atoms with van der Waals surface area (Å²) in [6.45, 7) is 10.5. The van der Waals surface area contributed by atoms with Gasteiger partial charge in [0, 0.05) is 19.6 Å². The molecular formula is C12H25ClN2O. The third kappa shape index (κ3) is 3.63. The number of amides is 1. The molecule has 0 aromatic heterocycles. The van der Waals surface area contributed by atoms with Gasteiger partial charge in [0.25, 0.3) is 0 Å². The lowest BCUT2D eigenvalue weighted by atomic mass is 9.82. The number of hydrogen-bond donors (Lipinski definition) is 1. The summed E-state index contributed by atoms with van der Waals surface area (Å²) in [5.41, 5.74) is 5.49. The molecule has 0 spiro atoms. The van der Waals surface area contributed by atoms with Crippen molar-refractivity contribution in [1.29, 1.82) is 0 Å². The van der Waals surface area contributed by atoms with Crippen molar-refractivity contribution in [1.82, 2.24) is 4.90 Å². The third-order valence-electron chi connectivity index (χ3n) is 3.28. The number of carbonyl (C=O) groups excluding carboxylic acids is 1. The lowest BCUT2D eigenvalue weighted by Crippen LogP contribution is -2.50. The fourth-order valence-electron chi connectivity index (χ4n) is 2.11. The third-order valence-corrected chi connectivity index (χ3v) is 3.28. The molecule has 2 N–H and O–H groups in total. The molecule has 0 unspecified atom stereocenters. The number of likely N-dealkylation sites (tertiary alicyclic amines) is 1. The van der Waals surface area contributed by atoms with Gasteiger partial charge in [0.2, 0.25) is 5.91 Å². The van der Waals surface area contributed by atoms with Crippen molar-refractivity contribution in [2.75, 3.05) is 19.6 Å². The summed E-state index contributed by atoms with van der Waals surface area (Å²) in [5.74, 6) is 0.206. The van der Waals surface area contributed by atoms with Crippen molar-refractivity contribution >= 4 is 18.3 Å². The maximum absolute atomic E-state index is 12.2. The van der Waals surface area contributed by atoms with Gasteiger partial charge >= 0.3 is 0 Å². The van der Waals surface area contributed by atoms with Crippen molar-refractivity contribution in [2.45, 2.75) is 40.5 Å². The van der Waals surface area contributed by atoms with Crippen molar-refractivity contribution < 1.29 is 4.79 Å². The van der Waals surface area contributed by atoms with Gasteiger partial charge in [-0.15, -0.1) is 12.4 Å². The van der Waals surface area contributed by atoms with Crippen LogP contribution in [0.25, 0.3) is 0 Å².